The molecule has 0 aromatic heterocycles. The SMILES string of the molecule is CC(=O)OC(C)=O.O=C(O)CCCCCC(=O)O.O=C1CCCCCC(=O)O1. The predicted octanol–water partition coefficient (Wildman–Crippen LogP) is 2.22. The third kappa shape index (κ3) is 25.5. The minimum Gasteiger partial charge on any atom is -0.481 e. The summed E-state index contributed by atoms with van der Waals surface area (Å²) in [5.74, 6) is -3.50. The average molecular weight is 404 g/mol. The largest absolute Gasteiger partial charge is 0.481 e. The summed E-state index contributed by atoms with van der Waals surface area (Å²) >= 11 is 0. The molecular weight excluding hydrogens is 376 g/mol. The zero-order valence-corrected chi connectivity index (χ0v) is 16.2. The first-order valence-corrected chi connectivity index (χ1v) is 8.90. The van der Waals surface area contributed by atoms with E-state index in [1.54, 1.807) is 0 Å². The molecular formula is C18H28O10. The highest BCUT2D eigenvalue weighted by atomic mass is 16.6. The molecule has 0 aliphatic carbocycles. The lowest BCUT2D eigenvalue weighted by Crippen LogP contribution is -2.13. The monoisotopic (exact) mass is 404 g/mol. The number of unbranched alkanes of at least 4 members (excludes halogenated alkanes) is 2. The van der Waals surface area contributed by atoms with Crippen molar-refractivity contribution >= 4 is 35.8 Å². The molecule has 1 heterocycles. The molecule has 0 aromatic rings. The van der Waals surface area contributed by atoms with Crippen LogP contribution in [0.3, 0.4) is 0 Å². The van der Waals surface area contributed by atoms with Crippen molar-refractivity contribution in [3.8, 4) is 0 Å². The van der Waals surface area contributed by atoms with Crippen LogP contribution in [0.15, 0.2) is 0 Å². The van der Waals surface area contributed by atoms with Crippen molar-refractivity contribution in [1.82, 2.24) is 0 Å². The molecule has 0 saturated carbocycles. The fourth-order valence-corrected chi connectivity index (χ4v) is 1.88. The lowest BCUT2D eigenvalue weighted by atomic mass is 10.1. The molecule has 2 N–H and O–H groups in total. The van der Waals surface area contributed by atoms with E-state index >= 15 is 0 Å². The predicted molar refractivity (Wildman–Crippen MR) is 95.0 cm³/mol. The Kier molecular flexibility index (Phi) is 17.3. The second-order valence-electron chi connectivity index (χ2n) is 5.84. The van der Waals surface area contributed by atoms with Crippen molar-refractivity contribution in [3.63, 3.8) is 0 Å². The second kappa shape index (κ2) is 17.6. The van der Waals surface area contributed by atoms with E-state index in [-0.39, 0.29) is 24.8 Å². The maximum atomic E-state index is 10.6. The lowest BCUT2D eigenvalue weighted by Gasteiger charge is -2.06. The maximum absolute atomic E-state index is 10.6. The van der Waals surface area contributed by atoms with Gasteiger partial charge >= 0.3 is 35.8 Å². The van der Waals surface area contributed by atoms with E-state index in [0.717, 1.165) is 19.3 Å². The van der Waals surface area contributed by atoms with E-state index in [9.17, 15) is 28.8 Å². The summed E-state index contributed by atoms with van der Waals surface area (Å²) in [6, 6.07) is 0. The number of ether oxygens (including phenoxy) is 2. The first kappa shape index (κ1) is 27.4. The maximum Gasteiger partial charge on any atom is 0.313 e. The number of cyclic esters (lactones) is 2. The molecule has 160 valence electrons. The zero-order valence-electron chi connectivity index (χ0n) is 16.2. The number of rotatable bonds is 6. The second-order valence-corrected chi connectivity index (χ2v) is 5.84. The molecule has 0 spiro atoms. The van der Waals surface area contributed by atoms with Gasteiger partial charge in [-0.15, -0.1) is 0 Å². The van der Waals surface area contributed by atoms with Gasteiger partial charge in [0.2, 0.25) is 0 Å². The molecule has 10 nitrogen and oxygen atoms in total. The van der Waals surface area contributed by atoms with Gasteiger partial charge in [0.25, 0.3) is 0 Å². The number of carboxylic acids is 2. The number of carbonyl (C=O) groups excluding carboxylic acids is 4. The Bertz CT molecular complexity index is 494. The van der Waals surface area contributed by atoms with Crippen LogP contribution in [0.1, 0.15) is 78.1 Å². The van der Waals surface area contributed by atoms with Gasteiger partial charge in [0.15, 0.2) is 0 Å². The van der Waals surface area contributed by atoms with Crippen molar-refractivity contribution in [2.24, 2.45) is 0 Å². The Hall–Kier alpha value is -2.78. The quantitative estimate of drug-likeness (QED) is 0.381. The van der Waals surface area contributed by atoms with Gasteiger partial charge in [0.05, 0.1) is 0 Å². The van der Waals surface area contributed by atoms with Crippen LogP contribution in [-0.2, 0) is 38.2 Å². The van der Waals surface area contributed by atoms with Crippen LogP contribution in [0.5, 0.6) is 0 Å². The summed E-state index contributed by atoms with van der Waals surface area (Å²) in [7, 11) is 0. The van der Waals surface area contributed by atoms with E-state index in [4.69, 9.17) is 10.2 Å². The van der Waals surface area contributed by atoms with Gasteiger partial charge in [0, 0.05) is 39.5 Å². The van der Waals surface area contributed by atoms with Gasteiger partial charge in [-0.1, -0.05) is 12.8 Å². The molecule has 1 aliphatic heterocycles. The van der Waals surface area contributed by atoms with E-state index < -0.39 is 23.9 Å². The van der Waals surface area contributed by atoms with Crippen LogP contribution in [-0.4, -0.2) is 46.0 Å². The molecule has 1 rings (SSSR count). The van der Waals surface area contributed by atoms with E-state index in [0.29, 0.717) is 32.1 Å². The van der Waals surface area contributed by atoms with Crippen LogP contribution in [0.4, 0.5) is 0 Å². The first-order valence-electron chi connectivity index (χ1n) is 8.90. The fourth-order valence-electron chi connectivity index (χ4n) is 1.88. The number of carboxylic acid groups (broad SMARTS) is 2. The number of esters is 4. The van der Waals surface area contributed by atoms with Crippen molar-refractivity contribution < 1.29 is 48.5 Å². The van der Waals surface area contributed by atoms with Gasteiger partial charge in [-0.25, -0.2) is 0 Å². The minimum absolute atomic E-state index is 0.139. The number of carbonyl (C=O) groups is 6. The average Bonchev–Trinajstić information content (AvgIpc) is 2.51. The number of hydrogen-bond acceptors (Lipinski definition) is 8. The summed E-state index contributed by atoms with van der Waals surface area (Å²) in [5.41, 5.74) is 0. The van der Waals surface area contributed by atoms with Crippen LogP contribution < -0.4 is 0 Å². The molecule has 10 heteroatoms. The fraction of sp³-hybridized carbons (Fsp3) is 0.667. The van der Waals surface area contributed by atoms with Crippen molar-refractivity contribution in [2.75, 3.05) is 0 Å². The number of hydrogen-bond donors (Lipinski definition) is 2. The molecule has 0 unspecified atom stereocenters. The first-order chi connectivity index (χ1) is 13.0. The zero-order chi connectivity index (χ0) is 21.9. The highest BCUT2D eigenvalue weighted by Crippen LogP contribution is 2.09. The molecule has 0 atom stereocenters. The lowest BCUT2D eigenvalue weighted by molar-refractivity contribution is -0.161. The summed E-state index contributed by atoms with van der Waals surface area (Å²) in [6.45, 7) is 2.36. The third-order valence-electron chi connectivity index (χ3n) is 3.06. The molecule has 0 aromatic carbocycles. The van der Waals surface area contributed by atoms with Crippen LogP contribution in [0, 0.1) is 0 Å². The van der Waals surface area contributed by atoms with Crippen molar-refractivity contribution in [2.45, 2.75) is 78.1 Å². The third-order valence-corrected chi connectivity index (χ3v) is 3.06. The van der Waals surface area contributed by atoms with Crippen LogP contribution >= 0.6 is 0 Å². The number of aliphatic carboxylic acids is 2. The van der Waals surface area contributed by atoms with Crippen molar-refractivity contribution in [1.29, 1.82) is 0 Å². The highest BCUT2D eigenvalue weighted by Gasteiger charge is 2.12. The molecule has 1 aliphatic rings. The standard InChI is InChI=1S/C7H12O4.C7H10O3.C4H6O3/c8-6(9)4-2-1-3-5-7(10)11;8-6-4-2-1-3-5-7(9)10-6;1-3(5)7-4(2)6/h1-5H2,(H,8,9)(H,10,11);1-5H2;1-2H3. The van der Waals surface area contributed by atoms with Gasteiger partial charge < -0.3 is 19.7 Å². The van der Waals surface area contributed by atoms with Gasteiger partial charge in [-0.3, -0.25) is 28.8 Å². The van der Waals surface area contributed by atoms with Crippen LogP contribution in [0.2, 0.25) is 0 Å². The summed E-state index contributed by atoms with van der Waals surface area (Å²) < 4.78 is 8.39. The molecule has 1 saturated heterocycles. The Morgan fingerprint density at radius 1 is 0.786 bits per heavy atom. The smallest absolute Gasteiger partial charge is 0.313 e. The molecule has 0 amide bonds. The van der Waals surface area contributed by atoms with E-state index in [1.807, 2.05) is 0 Å². The Labute approximate surface area is 163 Å². The molecule has 0 bridgehead atoms. The summed E-state index contributed by atoms with van der Waals surface area (Å²) in [5, 5.41) is 16.4. The Balaban J connectivity index is 0. The molecule has 28 heavy (non-hydrogen) atoms. The van der Waals surface area contributed by atoms with Crippen molar-refractivity contribution in [3.05, 3.63) is 0 Å². The van der Waals surface area contributed by atoms with E-state index in [1.165, 1.54) is 13.8 Å². The van der Waals surface area contributed by atoms with Gasteiger partial charge in [-0.2, -0.15) is 0 Å². The summed E-state index contributed by atoms with van der Waals surface area (Å²) in [6.07, 6.45) is 5.56. The molecule has 1 fully saturated rings. The minimum atomic E-state index is -0.819. The normalized spacial score (nSPS) is 13.2. The van der Waals surface area contributed by atoms with E-state index in [2.05, 4.69) is 9.47 Å². The highest BCUT2D eigenvalue weighted by molar-refractivity contribution is 5.85. The Morgan fingerprint density at radius 2 is 1.18 bits per heavy atom. The van der Waals surface area contributed by atoms with Gasteiger partial charge in [-0.05, 0) is 25.7 Å². The Morgan fingerprint density at radius 3 is 1.46 bits per heavy atom. The topological polar surface area (TPSA) is 161 Å². The molecule has 0 radical (unpaired) electrons. The van der Waals surface area contributed by atoms with Crippen LogP contribution in [0.25, 0.3) is 0 Å². The van der Waals surface area contributed by atoms with Gasteiger partial charge in [0.1, 0.15) is 0 Å². The summed E-state index contributed by atoms with van der Waals surface area (Å²) in [4.78, 5) is 60.8.